The van der Waals surface area contributed by atoms with Crippen LogP contribution in [0.25, 0.3) is 0 Å². The van der Waals surface area contributed by atoms with E-state index in [4.69, 9.17) is 10.00 Å². The maximum Gasteiger partial charge on any atom is 0.264 e. The number of anilines is 2. The van der Waals surface area contributed by atoms with Crippen LogP contribution in [0, 0.1) is 11.5 Å². The number of likely N-dealkylation sites (tertiary alicyclic amines) is 1. The summed E-state index contributed by atoms with van der Waals surface area (Å²) in [6, 6.07) is 6.41. The lowest BCUT2D eigenvalue weighted by molar-refractivity contribution is -0.120. The third kappa shape index (κ3) is 2.64. The van der Waals surface area contributed by atoms with Gasteiger partial charge in [-0.1, -0.05) is 0 Å². The number of benzene rings is 1. The van der Waals surface area contributed by atoms with Gasteiger partial charge in [-0.3, -0.25) is 4.79 Å². The third-order valence-corrected chi connectivity index (χ3v) is 6.04. The van der Waals surface area contributed by atoms with Gasteiger partial charge in [-0.2, -0.15) is 5.26 Å². The van der Waals surface area contributed by atoms with Crippen molar-refractivity contribution in [3.8, 4) is 11.9 Å². The standard InChI is InChI=1S/C16H19N5O2S/c1-18-14-8-12(2-3-15(14)23-10-16(18)22)20-6-7-21(24-20)13-4-5-19(9-13)11-17/h2-3,8,13H,4-7,9-10H2,1H3. The van der Waals surface area contributed by atoms with Crippen LogP contribution < -0.4 is 13.9 Å². The molecule has 24 heavy (non-hydrogen) atoms. The molecule has 0 bridgehead atoms. The Bertz CT molecular complexity index is 706. The Balaban J connectivity index is 1.48. The van der Waals surface area contributed by atoms with Crippen LogP contribution in [0.1, 0.15) is 6.42 Å². The number of amides is 1. The van der Waals surface area contributed by atoms with E-state index in [-0.39, 0.29) is 12.5 Å². The number of nitriles is 1. The molecule has 0 radical (unpaired) electrons. The van der Waals surface area contributed by atoms with Gasteiger partial charge >= 0.3 is 0 Å². The maximum atomic E-state index is 11.8. The monoisotopic (exact) mass is 345 g/mol. The van der Waals surface area contributed by atoms with Gasteiger partial charge in [0, 0.05) is 51.4 Å². The van der Waals surface area contributed by atoms with E-state index in [0.717, 1.165) is 49.7 Å². The van der Waals surface area contributed by atoms with E-state index in [9.17, 15) is 4.79 Å². The molecule has 1 amide bonds. The number of hydrogen-bond donors (Lipinski definition) is 0. The fourth-order valence-electron chi connectivity index (χ4n) is 3.31. The number of fused-ring (bicyclic) bond motifs is 1. The summed E-state index contributed by atoms with van der Waals surface area (Å²) >= 11 is 1.71. The second-order valence-electron chi connectivity index (χ2n) is 6.21. The highest BCUT2D eigenvalue weighted by atomic mass is 32.2. The summed E-state index contributed by atoms with van der Waals surface area (Å²) in [5.41, 5.74) is 1.89. The highest BCUT2D eigenvalue weighted by molar-refractivity contribution is 7.98. The SMILES string of the molecule is CN1C(=O)COc2ccc(N3CCN(C4CCN(C#N)C4)S3)cc21. The largest absolute Gasteiger partial charge is 0.482 e. The fraction of sp³-hybridized carbons (Fsp3) is 0.500. The first kappa shape index (κ1) is 15.4. The number of nitrogens with zero attached hydrogens (tertiary/aromatic N) is 5. The predicted octanol–water partition coefficient (Wildman–Crippen LogP) is 1.28. The van der Waals surface area contributed by atoms with Crippen LogP contribution in [-0.2, 0) is 4.79 Å². The smallest absolute Gasteiger partial charge is 0.264 e. The van der Waals surface area contributed by atoms with Crippen LogP contribution >= 0.6 is 12.1 Å². The van der Waals surface area contributed by atoms with E-state index in [0.29, 0.717) is 6.04 Å². The summed E-state index contributed by atoms with van der Waals surface area (Å²) < 4.78 is 10.1. The predicted molar refractivity (Wildman–Crippen MR) is 92.6 cm³/mol. The summed E-state index contributed by atoms with van der Waals surface area (Å²) in [5.74, 6) is 0.722. The van der Waals surface area contributed by atoms with Gasteiger partial charge in [0.25, 0.3) is 5.91 Å². The topological polar surface area (TPSA) is 63.1 Å². The Kier molecular flexibility index (Phi) is 3.90. The van der Waals surface area contributed by atoms with Crippen molar-refractivity contribution in [1.82, 2.24) is 9.21 Å². The van der Waals surface area contributed by atoms with Gasteiger partial charge in [-0.15, -0.1) is 0 Å². The molecule has 0 aromatic heterocycles. The van der Waals surface area contributed by atoms with Crippen LogP contribution in [0.3, 0.4) is 0 Å². The molecule has 3 aliphatic heterocycles. The molecule has 4 rings (SSSR count). The van der Waals surface area contributed by atoms with Crippen LogP contribution in [0.15, 0.2) is 18.2 Å². The average molecular weight is 345 g/mol. The summed E-state index contributed by atoms with van der Waals surface area (Å²) in [4.78, 5) is 15.3. The molecule has 8 heteroatoms. The number of rotatable bonds is 2. The first-order valence-corrected chi connectivity index (χ1v) is 8.79. The molecular weight excluding hydrogens is 326 g/mol. The molecule has 1 unspecified atom stereocenters. The molecule has 1 aromatic carbocycles. The molecular formula is C16H19N5O2S. The third-order valence-electron chi connectivity index (χ3n) is 4.76. The van der Waals surface area contributed by atoms with Crippen molar-refractivity contribution in [2.75, 3.05) is 49.0 Å². The lowest BCUT2D eigenvalue weighted by atomic mass is 10.2. The molecule has 3 heterocycles. The van der Waals surface area contributed by atoms with Crippen molar-refractivity contribution in [2.24, 2.45) is 0 Å². The molecule has 1 atom stereocenters. The minimum Gasteiger partial charge on any atom is -0.482 e. The number of carbonyl (C=O) groups is 1. The fourth-order valence-corrected chi connectivity index (χ4v) is 4.40. The van der Waals surface area contributed by atoms with Crippen molar-refractivity contribution >= 4 is 29.4 Å². The Morgan fingerprint density at radius 2 is 2.21 bits per heavy atom. The summed E-state index contributed by atoms with van der Waals surface area (Å²) in [6.07, 6.45) is 3.27. The summed E-state index contributed by atoms with van der Waals surface area (Å²) in [5, 5.41) is 9.01. The molecule has 126 valence electrons. The lowest BCUT2D eigenvalue weighted by Gasteiger charge is -2.28. The van der Waals surface area contributed by atoms with Crippen molar-refractivity contribution in [1.29, 1.82) is 5.26 Å². The molecule has 0 saturated carbocycles. The Morgan fingerprint density at radius 1 is 1.33 bits per heavy atom. The highest BCUT2D eigenvalue weighted by Crippen LogP contribution is 2.39. The molecule has 0 N–H and O–H groups in total. The number of ether oxygens (including phenoxy) is 1. The van der Waals surface area contributed by atoms with Gasteiger partial charge in [-0.25, -0.2) is 4.31 Å². The zero-order valence-corrected chi connectivity index (χ0v) is 14.3. The van der Waals surface area contributed by atoms with Crippen molar-refractivity contribution in [3.05, 3.63) is 18.2 Å². The van der Waals surface area contributed by atoms with Gasteiger partial charge in [0.1, 0.15) is 5.75 Å². The number of hydrogen-bond acceptors (Lipinski definition) is 7. The van der Waals surface area contributed by atoms with Crippen LogP contribution in [0.2, 0.25) is 0 Å². The number of carbonyl (C=O) groups excluding carboxylic acids is 1. The van der Waals surface area contributed by atoms with E-state index in [1.54, 1.807) is 24.1 Å². The van der Waals surface area contributed by atoms with Gasteiger partial charge in [0.15, 0.2) is 12.8 Å². The van der Waals surface area contributed by atoms with Gasteiger partial charge < -0.3 is 18.8 Å². The van der Waals surface area contributed by atoms with E-state index in [2.05, 4.69) is 14.8 Å². The minimum absolute atomic E-state index is 0.0297. The van der Waals surface area contributed by atoms with E-state index in [1.807, 2.05) is 23.1 Å². The maximum absolute atomic E-state index is 11.8. The molecule has 3 aliphatic rings. The van der Waals surface area contributed by atoms with E-state index >= 15 is 0 Å². The second-order valence-corrected chi connectivity index (χ2v) is 7.28. The zero-order chi connectivity index (χ0) is 16.7. The lowest BCUT2D eigenvalue weighted by Crippen LogP contribution is -2.35. The quantitative estimate of drug-likeness (QED) is 0.591. The van der Waals surface area contributed by atoms with Gasteiger partial charge in [0.05, 0.1) is 11.4 Å². The Hall–Kier alpha value is -2.11. The van der Waals surface area contributed by atoms with Crippen molar-refractivity contribution < 1.29 is 9.53 Å². The van der Waals surface area contributed by atoms with Crippen LogP contribution in [-0.4, -0.2) is 61.0 Å². The van der Waals surface area contributed by atoms with E-state index in [1.165, 1.54) is 0 Å². The first-order valence-electron chi connectivity index (χ1n) is 8.06. The zero-order valence-electron chi connectivity index (χ0n) is 13.5. The number of likely N-dealkylation sites (N-methyl/N-ethyl adjacent to an activating group) is 1. The molecule has 7 nitrogen and oxygen atoms in total. The van der Waals surface area contributed by atoms with Crippen LogP contribution in [0.5, 0.6) is 5.75 Å². The highest BCUT2D eigenvalue weighted by Gasteiger charge is 2.33. The Labute approximate surface area is 145 Å². The average Bonchev–Trinajstić information content (AvgIpc) is 3.26. The molecule has 2 fully saturated rings. The second kappa shape index (κ2) is 6.07. The van der Waals surface area contributed by atoms with E-state index < -0.39 is 0 Å². The van der Waals surface area contributed by atoms with Gasteiger partial charge in [-0.05, 0) is 24.6 Å². The minimum atomic E-state index is -0.0297. The molecule has 0 aliphatic carbocycles. The van der Waals surface area contributed by atoms with Gasteiger partial charge in [0.2, 0.25) is 0 Å². The van der Waals surface area contributed by atoms with Crippen LogP contribution in [0.4, 0.5) is 11.4 Å². The molecule has 0 spiro atoms. The van der Waals surface area contributed by atoms with Crippen molar-refractivity contribution in [2.45, 2.75) is 12.5 Å². The summed E-state index contributed by atoms with van der Waals surface area (Å²) in [6.45, 7) is 3.65. The molecule has 2 saturated heterocycles. The first-order chi connectivity index (χ1) is 11.7. The van der Waals surface area contributed by atoms with Crippen molar-refractivity contribution in [3.63, 3.8) is 0 Å². The normalized spacial score (nSPS) is 24.1. The molecule has 1 aromatic rings. The Morgan fingerprint density at radius 3 is 3.00 bits per heavy atom. The summed E-state index contributed by atoms with van der Waals surface area (Å²) in [7, 11) is 1.78.